The van der Waals surface area contributed by atoms with Crippen molar-refractivity contribution in [1.82, 2.24) is 19.8 Å². The molecule has 1 atom stereocenters. The third-order valence-corrected chi connectivity index (χ3v) is 5.69. The molecule has 0 unspecified atom stereocenters. The fraction of sp³-hybridized carbons (Fsp3) is 0.474. The molecule has 2 aliphatic carbocycles. The first-order valence-electron chi connectivity index (χ1n) is 9.29. The van der Waals surface area contributed by atoms with Gasteiger partial charge in [0.1, 0.15) is 11.9 Å². The molecule has 0 spiro atoms. The zero-order valence-electron chi connectivity index (χ0n) is 14.8. The summed E-state index contributed by atoms with van der Waals surface area (Å²) in [7, 11) is 0. The van der Waals surface area contributed by atoms with E-state index in [1.54, 1.807) is 23.6 Å². The molecule has 1 aromatic heterocycles. The number of hydrogen-bond donors (Lipinski definition) is 1. The van der Waals surface area contributed by atoms with Crippen LogP contribution in [0.25, 0.3) is 0 Å². The highest BCUT2D eigenvalue weighted by atomic mass is 32.1. The molecule has 2 aliphatic rings. The fourth-order valence-electron chi connectivity index (χ4n) is 3.70. The second-order valence-corrected chi connectivity index (χ2v) is 7.76. The predicted octanol–water partition coefficient (Wildman–Crippen LogP) is 3.08. The summed E-state index contributed by atoms with van der Waals surface area (Å²) in [5, 5.41) is 8.46. The second-order valence-electron chi connectivity index (χ2n) is 7.15. The topological polar surface area (TPSA) is 75.2 Å². The van der Waals surface area contributed by atoms with Gasteiger partial charge in [-0.1, -0.05) is 35.5 Å². The lowest BCUT2D eigenvalue weighted by atomic mass is 10.0. The van der Waals surface area contributed by atoms with Crippen LogP contribution in [-0.4, -0.2) is 38.4 Å². The first kappa shape index (κ1) is 18.0. The number of carbonyl (C=O) groups is 2. The predicted molar refractivity (Wildman–Crippen MR) is 98.6 cm³/mol. The molecule has 8 heteroatoms. The van der Waals surface area contributed by atoms with Crippen LogP contribution in [0.15, 0.2) is 29.6 Å². The molecule has 0 radical (unpaired) electrons. The van der Waals surface area contributed by atoms with Crippen molar-refractivity contribution in [2.75, 3.05) is 0 Å². The van der Waals surface area contributed by atoms with Crippen molar-refractivity contribution in [2.45, 2.75) is 56.7 Å². The lowest BCUT2D eigenvalue weighted by molar-refractivity contribution is -0.127. The molecule has 1 N–H and O–H groups in total. The Labute approximate surface area is 160 Å². The molecule has 0 bridgehead atoms. The van der Waals surface area contributed by atoms with Gasteiger partial charge in [0, 0.05) is 23.0 Å². The molecule has 2 aromatic rings. The Morgan fingerprint density at radius 2 is 1.93 bits per heavy atom. The van der Waals surface area contributed by atoms with Crippen LogP contribution in [0.4, 0.5) is 4.39 Å². The average Bonchev–Trinajstić information content (AvgIpc) is 3.11. The Hall–Kier alpha value is -2.35. The second kappa shape index (κ2) is 7.72. The maximum atomic E-state index is 14.6. The minimum absolute atomic E-state index is 0.0851. The molecule has 2 saturated carbocycles. The number of halogens is 1. The summed E-state index contributed by atoms with van der Waals surface area (Å²) in [6.07, 6.45) is 5.58. The summed E-state index contributed by atoms with van der Waals surface area (Å²) >= 11 is 1.08. The van der Waals surface area contributed by atoms with Crippen molar-refractivity contribution in [3.8, 4) is 0 Å². The van der Waals surface area contributed by atoms with Gasteiger partial charge >= 0.3 is 0 Å². The van der Waals surface area contributed by atoms with Crippen molar-refractivity contribution >= 4 is 23.3 Å². The van der Waals surface area contributed by atoms with E-state index >= 15 is 0 Å². The molecule has 0 aliphatic heterocycles. The van der Waals surface area contributed by atoms with E-state index in [1.807, 2.05) is 0 Å². The van der Waals surface area contributed by atoms with E-state index in [-0.39, 0.29) is 35.2 Å². The van der Waals surface area contributed by atoms with E-state index in [0.29, 0.717) is 0 Å². The lowest BCUT2D eigenvalue weighted by Crippen LogP contribution is -2.47. The third-order valence-electron chi connectivity index (χ3n) is 5.18. The average molecular weight is 388 g/mol. The lowest BCUT2D eigenvalue weighted by Gasteiger charge is -2.32. The van der Waals surface area contributed by atoms with Crippen LogP contribution in [0.5, 0.6) is 0 Å². The smallest absolute Gasteiger partial charge is 0.276 e. The van der Waals surface area contributed by atoms with E-state index < -0.39 is 11.9 Å². The molecule has 142 valence electrons. The molecule has 0 saturated heterocycles. The van der Waals surface area contributed by atoms with Gasteiger partial charge in [0.25, 0.3) is 5.91 Å². The number of nitrogens with one attached hydrogen (secondary N) is 1. The van der Waals surface area contributed by atoms with Crippen LogP contribution in [0, 0.1) is 5.82 Å². The van der Waals surface area contributed by atoms with Gasteiger partial charge < -0.3 is 10.2 Å². The van der Waals surface area contributed by atoms with Crippen LogP contribution in [0.3, 0.4) is 0 Å². The Balaban J connectivity index is 1.70. The summed E-state index contributed by atoms with van der Waals surface area (Å²) in [6.45, 7) is 0. The first-order valence-corrected chi connectivity index (χ1v) is 10.1. The number of benzene rings is 1. The maximum Gasteiger partial charge on any atom is 0.276 e. The molecule has 1 aromatic carbocycles. The van der Waals surface area contributed by atoms with Gasteiger partial charge in [-0.05, 0) is 43.3 Å². The van der Waals surface area contributed by atoms with Crippen molar-refractivity contribution in [3.63, 3.8) is 0 Å². The van der Waals surface area contributed by atoms with Crippen LogP contribution in [0.1, 0.15) is 60.6 Å². The van der Waals surface area contributed by atoms with Gasteiger partial charge in [0.15, 0.2) is 5.69 Å². The molecule has 2 fully saturated rings. The highest BCUT2D eigenvalue weighted by molar-refractivity contribution is 7.03. The Kier molecular flexibility index (Phi) is 5.15. The number of carbonyl (C=O) groups excluding carboxylic acids is 2. The molecule has 1 heterocycles. The zero-order valence-corrected chi connectivity index (χ0v) is 15.6. The van der Waals surface area contributed by atoms with Gasteiger partial charge in [-0.25, -0.2) is 4.39 Å². The van der Waals surface area contributed by atoms with E-state index in [4.69, 9.17) is 0 Å². The van der Waals surface area contributed by atoms with E-state index in [0.717, 1.165) is 50.1 Å². The van der Waals surface area contributed by atoms with Crippen LogP contribution in [0.2, 0.25) is 0 Å². The monoisotopic (exact) mass is 388 g/mol. The summed E-state index contributed by atoms with van der Waals surface area (Å²) in [5.74, 6) is -1.18. The molecule has 6 nitrogen and oxygen atoms in total. The largest absolute Gasteiger partial charge is 0.351 e. The van der Waals surface area contributed by atoms with Crippen LogP contribution >= 0.6 is 11.5 Å². The summed E-state index contributed by atoms with van der Waals surface area (Å²) < 4.78 is 18.4. The Bertz CT molecular complexity index is 819. The highest BCUT2D eigenvalue weighted by Crippen LogP contribution is 2.37. The normalized spacial score (nSPS) is 18.3. The SMILES string of the molecule is O=C(NC1CCCC1)[C@H](c1ccccc1F)N(C(=O)c1csnn1)C1CC1. The van der Waals surface area contributed by atoms with Crippen molar-refractivity contribution < 1.29 is 14.0 Å². The summed E-state index contributed by atoms with van der Waals surface area (Å²) in [5.41, 5.74) is 0.415. The number of amides is 2. The first-order chi connectivity index (χ1) is 13.1. The highest BCUT2D eigenvalue weighted by Gasteiger charge is 2.43. The molecule has 4 rings (SSSR count). The fourth-order valence-corrected chi connectivity index (χ4v) is 4.13. The van der Waals surface area contributed by atoms with Crippen LogP contribution < -0.4 is 5.32 Å². The zero-order chi connectivity index (χ0) is 18.8. The number of aromatic nitrogens is 2. The van der Waals surface area contributed by atoms with Gasteiger partial charge in [0.05, 0.1) is 0 Å². The maximum absolute atomic E-state index is 14.6. The number of rotatable bonds is 6. The van der Waals surface area contributed by atoms with Crippen LogP contribution in [-0.2, 0) is 4.79 Å². The summed E-state index contributed by atoms with van der Waals surface area (Å²) in [4.78, 5) is 27.8. The third kappa shape index (κ3) is 3.85. The minimum atomic E-state index is -1.01. The standard InChI is InChI=1S/C19H21FN4O2S/c20-15-8-4-3-7-14(15)17(18(25)21-12-5-1-2-6-12)24(13-9-10-13)19(26)16-11-27-23-22-16/h3-4,7-8,11-13,17H,1-2,5-6,9-10H2,(H,21,25)/t17-/m0/s1. The van der Waals surface area contributed by atoms with Gasteiger partial charge in [-0.2, -0.15) is 0 Å². The van der Waals surface area contributed by atoms with E-state index in [1.165, 1.54) is 11.0 Å². The summed E-state index contributed by atoms with van der Waals surface area (Å²) in [6, 6.07) is 5.17. The van der Waals surface area contributed by atoms with Gasteiger partial charge in [-0.15, -0.1) is 5.10 Å². The molecular formula is C19H21FN4O2S. The quantitative estimate of drug-likeness (QED) is 0.825. The molecular weight excluding hydrogens is 367 g/mol. The Morgan fingerprint density at radius 3 is 2.56 bits per heavy atom. The number of hydrogen-bond acceptors (Lipinski definition) is 5. The van der Waals surface area contributed by atoms with Crippen molar-refractivity contribution in [2.24, 2.45) is 0 Å². The molecule has 2 amide bonds. The van der Waals surface area contributed by atoms with Crippen molar-refractivity contribution in [1.29, 1.82) is 0 Å². The van der Waals surface area contributed by atoms with Gasteiger partial charge in [-0.3, -0.25) is 9.59 Å². The van der Waals surface area contributed by atoms with E-state index in [2.05, 4.69) is 14.9 Å². The Morgan fingerprint density at radius 1 is 1.19 bits per heavy atom. The van der Waals surface area contributed by atoms with E-state index in [9.17, 15) is 14.0 Å². The number of nitrogens with zero attached hydrogens (tertiary/aromatic N) is 3. The van der Waals surface area contributed by atoms with Gasteiger partial charge in [0.2, 0.25) is 5.91 Å². The van der Waals surface area contributed by atoms with Crippen molar-refractivity contribution in [3.05, 3.63) is 46.7 Å². The minimum Gasteiger partial charge on any atom is -0.351 e. The molecule has 27 heavy (non-hydrogen) atoms.